The Bertz CT molecular complexity index is 1410. The molecule has 1 fully saturated rings. The van der Waals surface area contributed by atoms with Crippen LogP contribution in [0.2, 0.25) is 0 Å². The number of aryl methyl sites for hydroxylation is 1. The van der Waals surface area contributed by atoms with Crippen LogP contribution in [0.25, 0.3) is 21.3 Å². The predicted molar refractivity (Wildman–Crippen MR) is 132 cm³/mol. The monoisotopic (exact) mass is 515 g/mol. The molecular weight excluding hydrogens is 490 g/mol. The highest BCUT2D eigenvalue weighted by Crippen LogP contribution is 2.35. The normalized spacial score (nSPS) is 18.7. The molecule has 9 heteroatoms. The summed E-state index contributed by atoms with van der Waals surface area (Å²) in [6, 6.07) is 11.3. The molecule has 2 aromatic heterocycles. The van der Waals surface area contributed by atoms with Gasteiger partial charge in [-0.15, -0.1) is 11.3 Å². The first-order chi connectivity index (χ1) is 17.1. The van der Waals surface area contributed by atoms with Gasteiger partial charge >= 0.3 is 6.18 Å². The molecule has 2 aromatic carbocycles. The average Bonchev–Trinajstić information content (AvgIpc) is 3.43. The Hall–Kier alpha value is -3.20. The fourth-order valence-electron chi connectivity index (χ4n) is 5.02. The summed E-state index contributed by atoms with van der Waals surface area (Å²) in [6.45, 7) is 4.98. The number of amides is 1. The van der Waals surface area contributed by atoms with E-state index in [0.717, 1.165) is 35.5 Å². The van der Waals surface area contributed by atoms with Gasteiger partial charge in [-0.25, -0.2) is 9.37 Å². The van der Waals surface area contributed by atoms with Crippen LogP contribution in [-0.4, -0.2) is 32.9 Å². The van der Waals surface area contributed by atoms with Crippen LogP contribution in [0.3, 0.4) is 0 Å². The third-order valence-corrected chi connectivity index (χ3v) is 7.92. The average molecular weight is 516 g/mol. The minimum atomic E-state index is -4.40. The maximum absolute atomic E-state index is 13.8. The second kappa shape index (κ2) is 9.35. The lowest BCUT2D eigenvalue weighted by Crippen LogP contribution is -2.49. The highest BCUT2D eigenvalue weighted by Gasteiger charge is 2.35. The van der Waals surface area contributed by atoms with E-state index in [4.69, 9.17) is 0 Å². The van der Waals surface area contributed by atoms with Crippen LogP contribution in [0, 0.1) is 18.7 Å². The highest BCUT2D eigenvalue weighted by molar-refractivity contribution is 7.15. The van der Waals surface area contributed by atoms with Crippen LogP contribution >= 0.6 is 11.3 Å². The summed E-state index contributed by atoms with van der Waals surface area (Å²) in [5, 5.41) is 1.26. The lowest BCUT2D eigenvalue weighted by molar-refractivity contribution is -0.137. The number of halogens is 4. The van der Waals surface area contributed by atoms with Gasteiger partial charge in [-0.05, 0) is 67.6 Å². The van der Waals surface area contributed by atoms with Crippen molar-refractivity contribution in [3.05, 3.63) is 76.8 Å². The fourth-order valence-corrected chi connectivity index (χ4v) is 5.94. The minimum absolute atomic E-state index is 0.146. The number of benzene rings is 2. The summed E-state index contributed by atoms with van der Waals surface area (Å²) in [6.07, 6.45) is -0.802. The minimum Gasteiger partial charge on any atom is -0.345 e. The molecule has 3 heterocycles. The van der Waals surface area contributed by atoms with E-state index < -0.39 is 11.7 Å². The van der Waals surface area contributed by atoms with Gasteiger partial charge in [-0.1, -0.05) is 19.1 Å². The molecule has 36 heavy (non-hydrogen) atoms. The number of nitrogens with zero attached hydrogens (tertiary/aromatic N) is 3. The smallest absolute Gasteiger partial charge is 0.345 e. The Morgan fingerprint density at radius 1 is 1.14 bits per heavy atom. The molecular formula is C27H25F4N3OS. The number of carbonyl (C=O) groups is 1. The first-order valence-corrected chi connectivity index (χ1v) is 12.6. The molecule has 0 saturated carbocycles. The van der Waals surface area contributed by atoms with Crippen molar-refractivity contribution in [2.75, 3.05) is 6.54 Å². The van der Waals surface area contributed by atoms with Gasteiger partial charge in [0.25, 0.3) is 5.91 Å². The Morgan fingerprint density at radius 3 is 2.61 bits per heavy atom. The van der Waals surface area contributed by atoms with Crippen LogP contribution in [0.4, 0.5) is 17.6 Å². The maximum Gasteiger partial charge on any atom is 0.416 e. The maximum atomic E-state index is 13.8. The van der Waals surface area contributed by atoms with Crippen LogP contribution in [0.15, 0.2) is 54.7 Å². The van der Waals surface area contributed by atoms with Gasteiger partial charge in [0.05, 0.1) is 21.5 Å². The molecule has 5 rings (SSSR count). The Balaban J connectivity index is 1.46. The molecule has 2 atom stereocenters. The number of aromatic nitrogens is 2. The number of hydrogen-bond acceptors (Lipinski definition) is 3. The van der Waals surface area contributed by atoms with E-state index in [0.29, 0.717) is 34.6 Å². The summed E-state index contributed by atoms with van der Waals surface area (Å²) in [7, 11) is 0. The number of fused-ring (bicyclic) bond motifs is 1. The summed E-state index contributed by atoms with van der Waals surface area (Å²) in [5.74, 6) is -0.325. The van der Waals surface area contributed by atoms with Crippen molar-refractivity contribution in [1.82, 2.24) is 14.5 Å². The van der Waals surface area contributed by atoms with E-state index in [9.17, 15) is 22.4 Å². The molecule has 0 bridgehead atoms. The molecule has 2 unspecified atom stereocenters. The van der Waals surface area contributed by atoms with Gasteiger partial charge in [0, 0.05) is 30.2 Å². The summed E-state index contributed by atoms with van der Waals surface area (Å²) >= 11 is 1.40. The Morgan fingerprint density at radius 2 is 1.89 bits per heavy atom. The Labute approximate surface area is 210 Å². The van der Waals surface area contributed by atoms with E-state index in [1.54, 1.807) is 24.4 Å². The first-order valence-electron chi connectivity index (χ1n) is 11.8. The molecule has 1 saturated heterocycles. The largest absolute Gasteiger partial charge is 0.416 e. The van der Waals surface area contributed by atoms with Gasteiger partial charge in [-0.3, -0.25) is 4.79 Å². The van der Waals surface area contributed by atoms with Crippen molar-refractivity contribution in [3.63, 3.8) is 0 Å². The highest BCUT2D eigenvalue weighted by atomic mass is 32.1. The van der Waals surface area contributed by atoms with Crippen molar-refractivity contribution in [2.24, 2.45) is 5.92 Å². The van der Waals surface area contributed by atoms with E-state index >= 15 is 0 Å². The van der Waals surface area contributed by atoms with Crippen molar-refractivity contribution < 1.29 is 22.4 Å². The number of hydrogen-bond donors (Lipinski definition) is 0. The van der Waals surface area contributed by atoms with Crippen LogP contribution in [0.5, 0.6) is 0 Å². The van der Waals surface area contributed by atoms with Crippen molar-refractivity contribution in [3.8, 4) is 10.4 Å². The predicted octanol–water partition coefficient (Wildman–Crippen LogP) is 7.17. The molecule has 0 aliphatic carbocycles. The zero-order chi connectivity index (χ0) is 25.6. The summed E-state index contributed by atoms with van der Waals surface area (Å²) < 4.78 is 54.9. The van der Waals surface area contributed by atoms with Crippen LogP contribution < -0.4 is 0 Å². The molecule has 0 spiro atoms. The molecule has 1 aliphatic heterocycles. The molecule has 4 nitrogen and oxygen atoms in total. The van der Waals surface area contributed by atoms with Gasteiger partial charge < -0.3 is 9.47 Å². The van der Waals surface area contributed by atoms with E-state index in [1.807, 2.05) is 16.4 Å². The number of alkyl halides is 3. The topological polar surface area (TPSA) is 38.1 Å². The lowest BCUT2D eigenvalue weighted by Gasteiger charge is -2.40. The molecule has 1 amide bonds. The van der Waals surface area contributed by atoms with E-state index in [1.165, 1.54) is 29.5 Å². The standard InChI is InChI=1S/C27H25F4N3OS/c1-16-4-3-12-34(26(35)24-25(36-17(2)32-24)18-5-8-21(28)9-6-18)23(16)15-33-13-11-19-14-20(27(29,30)31)7-10-22(19)33/h5-11,13-14,16,23H,3-4,12,15H2,1-2H3. The third-order valence-electron chi connectivity index (χ3n) is 6.90. The molecule has 1 aliphatic rings. The van der Waals surface area contributed by atoms with Crippen molar-refractivity contribution in [1.29, 1.82) is 0 Å². The van der Waals surface area contributed by atoms with Gasteiger partial charge in [0.2, 0.25) is 0 Å². The molecule has 188 valence electrons. The first kappa shape index (κ1) is 24.5. The van der Waals surface area contributed by atoms with Crippen LogP contribution in [0.1, 0.15) is 40.8 Å². The number of piperidine rings is 1. The number of likely N-dealkylation sites (tertiary alicyclic amines) is 1. The zero-order valence-electron chi connectivity index (χ0n) is 19.8. The number of carbonyl (C=O) groups excluding carboxylic acids is 1. The summed E-state index contributed by atoms with van der Waals surface area (Å²) in [4.78, 5) is 20.9. The number of thiazole rings is 1. The van der Waals surface area contributed by atoms with E-state index in [2.05, 4.69) is 11.9 Å². The van der Waals surface area contributed by atoms with Gasteiger partial charge in [-0.2, -0.15) is 13.2 Å². The summed E-state index contributed by atoms with van der Waals surface area (Å²) in [5.41, 5.74) is 1.12. The Kier molecular flexibility index (Phi) is 6.36. The van der Waals surface area contributed by atoms with Gasteiger partial charge in [0.1, 0.15) is 11.5 Å². The second-order valence-electron chi connectivity index (χ2n) is 9.34. The zero-order valence-corrected chi connectivity index (χ0v) is 20.7. The SMILES string of the molecule is Cc1nc(C(=O)N2CCCC(C)C2Cn2ccc3cc(C(F)(F)F)ccc32)c(-c2ccc(F)cc2)s1. The fraction of sp³-hybridized carbons (Fsp3) is 0.333. The lowest BCUT2D eigenvalue weighted by atomic mass is 9.90. The second-order valence-corrected chi connectivity index (χ2v) is 10.5. The molecule has 0 N–H and O–H groups in total. The quantitative estimate of drug-likeness (QED) is 0.270. The van der Waals surface area contributed by atoms with Gasteiger partial charge in [0.15, 0.2) is 0 Å². The molecule has 0 radical (unpaired) electrons. The molecule has 4 aromatic rings. The van der Waals surface area contributed by atoms with E-state index in [-0.39, 0.29) is 23.7 Å². The van der Waals surface area contributed by atoms with Crippen molar-refractivity contribution >= 4 is 28.1 Å². The third kappa shape index (κ3) is 4.64. The number of rotatable bonds is 4. The van der Waals surface area contributed by atoms with Crippen molar-refractivity contribution in [2.45, 2.75) is 45.5 Å². The van der Waals surface area contributed by atoms with Crippen LogP contribution in [-0.2, 0) is 12.7 Å².